The van der Waals surface area contributed by atoms with Gasteiger partial charge in [0, 0.05) is 13.1 Å². The maximum atomic E-state index is 12.2. The van der Waals surface area contributed by atoms with Crippen LogP contribution in [0.1, 0.15) is 22.3 Å². The summed E-state index contributed by atoms with van der Waals surface area (Å²) in [6, 6.07) is 6.49. The Bertz CT molecular complexity index is 546. The predicted molar refractivity (Wildman–Crippen MR) is 78.4 cm³/mol. The third-order valence-electron chi connectivity index (χ3n) is 4.57. The largest absolute Gasteiger partial charge is 0.455 e. The standard InChI is InChI=1S/C16H21NO5/c1-9-2-4-10(5-3-9)16(21)22-12-8-17-7-6-11(18)13(17)15(20)14(12)19/h2-5,11-15,18-20H,6-8H2,1H3/t11-,12-,13?,14+,15+/m0/s1. The van der Waals surface area contributed by atoms with Crippen molar-refractivity contribution in [2.24, 2.45) is 0 Å². The van der Waals surface area contributed by atoms with Gasteiger partial charge in [-0.25, -0.2) is 4.79 Å². The van der Waals surface area contributed by atoms with Gasteiger partial charge in [-0.15, -0.1) is 0 Å². The highest BCUT2D eigenvalue weighted by atomic mass is 16.6. The first kappa shape index (κ1) is 15.4. The SMILES string of the molecule is Cc1ccc(C(=O)O[C@H]2CN3CC[C@H](O)C3[C@@H](O)[C@@H]2O)cc1. The van der Waals surface area contributed by atoms with Gasteiger partial charge in [0.05, 0.1) is 17.7 Å². The number of fused-ring (bicyclic) bond motifs is 1. The molecule has 0 spiro atoms. The van der Waals surface area contributed by atoms with Gasteiger partial charge < -0.3 is 20.1 Å². The number of ether oxygens (including phenoxy) is 1. The van der Waals surface area contributed by atoms with Crippen LogP contribution >= 0.6 is 0 Å². The Morgan fingerprint density at radius 3 is 2.55 bits per heavy atom. The maximum absolute atomic E-state index is 12.2. The number of rotatable bonds is 2. The Kier molecular flexibility index (Phi) is 4.18. The molecular formula is C16H21NO5. The van der Waals surface area contributed by atoms with Crippen LogP contribution in [-0.2, 0) is 4.74 Å². The number of piperidine rings is 1. The number of carbonyl (C=O) groups excluding carboxylic acids is 1. The zero-order valence-corrected chi connectivity index (χ0v) is 12.4. The van der Waals surface area contributed by atoms with Crippen LogP contribution in [0.25, 0.3) is 0 Å². The molecule has 6 nitrogen and oxygen atoms in total. The summed E-state index contributed by atoms with van der Waals surface area (Å²) >= 11 is 0. The van der Waals surface area contributed by atoms with Crippen LogP contribution < -0.4 is 0 Å². The smallest absolute Gasteiger partial charge is 0.338 e. The first-order chi connectivity index (χ1) is 10.5. The molecule has 2 aliphatic heterocycles. The summed E-state index contributed by atoms with van der Waals surface area (Å²) in [5, 5.41) is 30.2. The Morgan fingerprint density at radius 2 is 1.86 bits per heavy atom. The molecule has 0 bridgehead atoms. The molecule has 2 aliphatic rings. The van der Waals surface area contributed by atoms with Crippen molar-refractivity contribution < 1.29 is 24.9 Å². The van der Waals surface area contributed by atoms with Gasteiger partial charge >= 0.3 is 5.97 Å². The molecular weight excluding hydrogens is 286 g/mol. The van der Waals surface area contributed by atoms with Crippen molar-refractivity contribution in [1.82, 2.24) is 4.90 Å². The lowest BCUT2D eigenvalue weighted by molar-refractivity contribution is -0.143. The fourth-order valence-corrected chi connectivity index (χ4v) is 3.28. The quantitative estimate of drug-likeness (QED) is 0.650. The molecule has 6 heteroatoms. The minimum atomic E-state index is -1.19. The second-order valence-electron chi connectivity index (χ2n) is 6.13. The maximum Gasteiger partial charge on any atom is 0.338 e. The van der Waals surface area contributed by atoms with Crippen molar-refractivity contribution in [2.75, 3.05) is 13.1 Å². The van der Waals surface area contributed by atoms with Crippen LogP contribution in [0.3, 0.4) is 0 Å². The molecule has 22 heavy (non-hydrogen) atoms. The van der Waals surface area contributed by atoms with Gasteiger partial charge in [-0.2, -0.15) is 0 Å². The number of benzene rings is 1. The summed E-state index contributed by atoms with van der Waals surface area (Å²) in [5.74, 6) is -0.519. The van der Waals surface area contributed by atoms with Gasteiger partial charge in [-0.3, -0.25) is 4.90 Å². The highest BCUT2D eigenvalue weighted by Crippen LogP contribution is 2.29. The molecule has 3 N–H and O–H groups in total. The van der Waals surface area contributed by atoms with E-state index in [2.05, 4.69) is 0 Å². The fourth-order valence-electron chi connectivity index (χ4n) is 3.28. The van der Waals surface area contributed by atoms with Gasteiger partial charge in [0.15, 0.2) is 0 Å². The molecule has 0 amide bonds. The van der Waals surface area contributed by atoms with Gasteiger partial charge in [0.25, 0.3) is 0 Å². The molecule has 1 unspecified atom stereocenters. The Balaban J connectivity index is 1.70. The number of carbonyl (C=O) groups is 1. The molecule has 2 saturated heterocycles. The molecule has 0 aliphatic carbocycles. The molecule has 2 fully saturated rings. The molecule has 5 atom stereocenters. The monoisotopic (exact) mass is 307 g/mol. The average Bonchev–Trinajstić information content (AvgIpc) is 2.86. The van der Waals surface area contributed by atoms with E-state index < -0.39 is 36.4 Å². The zero-order chi connectivity index (χ0) is 15.9. The molecule has 120 valence electrons. The molecule has 0 saturated carbocycles. The lowest BCUT2D eigenvalue weighted by Gasteiger charge is -2.42. The third kappa shape index (κ3) is 2.75. The Labute approximate surface area is 128 Å². The lowest BCUT2D eigenvalue weighted by Crippen LogP contribution is -2.62. The molecule has 3 rings (SSSR count). The highest BCUT2D eigenvalue weighted by Gasteiger charge is 2.49. The number of nitrogens with zero attached hydrogens (tertiary/aromatic N) is 1. The van der Waals surface area contributed by atoms with E-state index >= 15 is 0 Å². The van der Waals surface area contributed by atoms with E-state index in [9.17, 15) is 20.1 Å². The van der Waals surface area contributed by atoms with Crippen LogP contribution in [0, 0.1) is 6.92 Å². The predicted octanol–water partition coefficient (Wildman–Crippen LogP) is -0.309. The van der Waals surface area contributed by atoms with Crippen molar-refractivity contribution >= 4 is 5.97 Å². The topological polar surface area (TPSA) is 90.2 Å². The summed E-state index contributed by atoms with van der Waals surface area (Å²) in [7, 11) is 0. The first-order valence-electron chi connectivity index (χ1n) is 7.53. The number of aryl methyl sites for hydroxylation is 1. The van der Waals surface area contributed by atoms with Crippen LogP contribution in [0.15, 0.2) is 24.3 Å². The van der Waals surface area contributed by atoms with Gasteiger partial charge in [-0.1, -0.05) is 17.7 Å². The summed E-state index contributed by atoms with van der Waals surface area (Å²) in [5.41, 5.74) is 1.45. The van der Waals surface area contributed by atoms with Crippen molar-refractivity contribution in [2.45, 2.75) is 43.8 Å². The number of hydrogen-bond donors (Lipinski definition) is 3. The van der Waals surface area contributed by atoms with E-state index in [0.717, 1.165) is 5.56 Å². The van der Waals surface area contributed by atoms with Gasteiger partial charge in [0.2, 0.25) is 0 Å². The summed E-state index contributed by atoms with van der Waals surface area (Å²) in [4.78, 5) is 14.0. The zero-order valence-electron chi connectivity index (χ0n) is 12.4. The van der Waals surface area contributed by atoms with Crippen LogP contribution in [-0.4, -0.2) is 69.7 Å². The van der Waals surface area contributed by atoms with Gasteiger partial charge in [-0.05, 0) is 25.5 Å². The third-order valence-corrected chi connectivity index (χ3v) is 4.57. The van der Waals surface area contributed by atoms with E-state index in [1.165, 1.54) is 0 Å². The second-order valence-corrected chi connectivity index (χ2v) is 6.13. The summed E-state index contributed by atoms with van der Waals surface area (Å²) < 4.78 is 5.37. The van der Waals surface area contributed by atoms with E-state index in [0.29, 0.717) is 25.1 Å². The minimum absolute atomic E-state index is 0.317. The molecule has 2 heterocycles. The van der Waals surface area contributed by atoms with Crippen molar-refractivity contribution in [1.29, 1.82) is 0 Å². The van der Waals surface area contributed by atoms with Crippen LogP contribution in [0.4, 0.5) is 0 Å². The average molecular weight is 307 g/mol. The van der Waals surface area contributed by atoms with Crippen molar-refractivity contribution in [3.63, 3.8) is 0 Å². The Hall–Kier alpha value is -1.47. The van der Waals surface area contributed by atoms with Gasteiger partial charge in [0.1, 0.15) is 18.3 Å². The molecule has 1 aromatic carbocycles. The molecule has 1 aromatic rings. The van der Waals surface area contributed by atoms with Crippen molar-refractivity contribution in [3.05, 3.63) is 35.4 Å². The summed E-state index contributed by atoms with van der Waals surface area (Å²) in [6.07, 6.45) is -3.22. The van der Waals surface area contributed by atoms with E-state index in [-0.39, 0.29) is 0 Å². The number of aliphatic hydroxyl groups is 3. The number of esters is 1. The highest BCUT2D eigenvalue weighted by molar-refractivity contribution is 5.89. The van der Waals surface area contributed by atoms with Crippen LogP contribution in [0.5, 0.6) is 0 Å². The van der Waals surface area contributed by atoms with E-state index in [1.54, 1.807) is 12.1 Å². The first-order valence-corrected chi connectivity index (χ1v) is 7.53. The van der Waals surface area contributed by atoms with Crippen LogP contribution in [0.2, 0.25) is 0 Å². The molecule has 0 radical (unpaired) electrons. The van der Waals surface area contributed by atoms with E-state index in [1.807, 2.05) is 24.0 Å². The molecule has 0 aromatic heterocycles. The second kappa shape index (κ2) is 5.96. The summed E-state index contributed by atoms with van der Waals surface area (Å²) in [6.45, 7) is 2.86. The minimum Gasteiger partial charge on any atom is -0.455 e. The normalized spacial score (nSPS) is 35.2. The number of hydrogen-bond acceptors (Lipinski definition) is 6. The lowest BCUT2D eigenvalue weighted by atomic mass is 9.93. The fraction of sp³-hybridized carbons (Fsp3) is 0.562. The van der Waals surface area contributed by atoms with Crippen molar-refractivity contribution in [3.8, 4) is 0 Å². The Morgan fingerprint density at radius 1 is 1.18 bits per heavy atom. The number of aliphatic hydroxyl groups excluding tert-OH is 3. The van der Waals surface area contributed by atoms with E-state index in [4.69, 9.17) is 4.74 Å².